The molecule has 0 unspecified atom stereocenters. The monoisotopic (exact) mass is 551 g/mol. The zero-order chi connectivity index (χ0) is 28.0. The summed E-state index contributed by atoms with van der Waals surface area (Å²) in [6.45, 7) is 3.42. The van der Waals surface area contributed by atoms with Crippen LogP contribution in [0.25, 0.3) is 0 Å². The van der Waals surface area contributed by atoms with Gasteiger partial charge < -0.3 is 10.6 Å². The van der Waals surface area contributed by atoms with Gasteiger partial charge in [0, 0.05) is 31.8 Å². The molecule has 1 amide bonds. The van der Waals surface area contributed by atoms with E-state index in [2.05, 4.69) is 22.2 Å². The quantitative estimate of drug-likeness (QED) is 0.164. The van der Waals surface area contributed by atoms with E-state index in [9.17, 15) is 26.8 Å². The molecule has 0 aliphatic rings. The summed E-state index contributed by atoms with van der Waals surface area (Å²) in [6, 6.07) is 5.27. The van der Waals surface area contributed by atoms with Gasteiger partial charge in [0.15, 0.2) is 23.3 Å². The highest BCUT2D eigenvalue weighted by molar-refractivity contribution is 7.90. The molecule has 3 rings (SSSR count). The molecule has 4 N–H and O–H groups in total. The van der Waals surface area contributed by atoms with Gasteiger partial charge in [0.1, 0.15) is 12.1 Å². The van der Waals surface area contributed by atoms with E-state index in [0.717, 1.165) is 37.5 Å². The van der Waals surface area contributed by atoms with Gasteiger partial charge in [0.05, 0.1) is 16.9 Å². The number of aromatic nitrogens is 1. The van der Waals surface area contributed by atoms with Crippen molar-refractivity contribution in [1.29, 1.82) is 0 Å². The molecular formula is C24H21F4N5O4S. The van der Waals surface area contributed by atoms with Gasteiger partial charge in [-0.3, -0.25) is 14.3 Å². The molecule has 1 aromatic heterocycles. The van der Waals surface area contributed by atoms with Gasteiger partial charge >= 0.3 is 0 Å². The molecule has 0 saturated heterocycles. The van der Waals surface area contributed by atoms with E-state index in [0.29, 0.717) is 6.29 Å². The number of amides is 1. The SMILES string of the molecule is C=CCNC(=O)c1cc(Cc2ccnc(NS(=O)(=O)NC)c2F)c(F)c(F)c1Nc1ccc(C=O)cc1F. The number of pyridine rings is 1. The first-order chi connectivity index (χ1) is 18.0. The normalized spacial score (nSPS) is 11.1. The van der Waals surface area contributed by atoms with Crippen molar-refractivity contribution in [2.45, 2.75) is 6.42 Å². The maximum absolute atomic E-state index is 15.3. The Morgan fingerprint density at radius 1 is 1.05 bits per heavy atom. The molecule has 38 heavy (non-hydrogen) atoms. The van der Waals surface area contributed by atoms with Gasteiger partial charge in [0.2, 0.25) is 0 Å². The Labute approximate surface area is 215 Å². The van der Waals surface area contributed by atoms with Crippen molar-refractivity contribution in [2.75, 3.05) is 23.6 Å². The van der Waals surface area contributed by atoms with Gasteiger partial charge in [-0.2, -0.15) is 8.42 Å². The maximum Gasteiger partial charge on any atom is 0.300 e. The van der Waals surface area contributed by atoms with E-state index in [1.165, 1.54) is 12.1 Å². The number of benzene rings is 2. The van der Waals surface area contributed by atoms with E-state index in [4.69, 9.17) is 0 Å². The molecule has 9 nitrogen and oxygen atoms in total. The number of rotatable bonds is 11. The van der Waals surface area contributed by atoms with Crippen molar-refractivity contribution in [3.63, 3.8) is 0 Å². The minimum atomic E-state index is -4.13. The predicted octanol–water partition coefficient (Wildman–Crippen LogP) is 3.58. The zero-order valence-electron chi connectivity index (χ0n) is 19.7. The second-order valence-electron chi connectivity index (χ2n) is 7.69. The van der Waals surface area contributed by atoms with E-state index in [-0.39, 0.29) is 23.4 Å². The third kappa shape index (κ3) is 6.33. The third-order valence-corrected chi connectivity index (χ3v) is 6.17. The Bertz CT molecular complexity index is 1520. The molecule has 0 fully saturated rings. The fraction of sp³-hybridized carbons (Fsp3) is 0.125. The highest BCUT2D eigenvalue weighted by Crippen LogP contribution is 2.32. The largest absolute Gasteiger partial charge is 0.350 e. The van der Waals surface area contributed by atoms with Crippen LogP contribution in [0.15, 0.2) is 49.2 Å². The van der Waals surface area contributed by atoms with Crippen LogP contribution in [-0.4, -0.2) is 39.2 Å². The lowest BCUT2D eigenvalue weighted by Gasteiger charge is -2.17. The zero-order valence-corrected chi connectivity index (χ0v) is 20.6. The van der Waals surface area contributed by atoms with Gasteiger partial charge in [-0.05, 0) is 41.5 Å². The Morgan fingerprint density at radius 2 is 1.79 bits per heavy atom. The molecule has 3 aromatic rings. The minimum Gasteiger partial charge on any atom is -0.350 e. The molecule has 0 aliphatic heterocycles. The highest BCUT2D eigenvalue weighted by atomic mass is 32.2. The summed E-state index contributed by atoms with van der Waals surface area (Å²) in [5.41, 5.74) is -2.22. The number of carbonyl (C=O) groups excluding carboxylic acids is 2. The lowest BCUT2D eigenvalue weighted by Crippen LogP contribution is -2.27. The van der Waals surface area contributed by atoms with Crippen LogP contribution in [-0.2, 0) is 16.6 Å². The van der Waals surface area contributed by atoms with E-state index in [1.807, 2.05) is 9.44 Å². The van der Waals surface area contributed by atoms with Crippen LogP contribution in [0.1, 0.15) is 31.8 Å². The lowest BCUT2D eigenvalue weighted by atomic mass is 9.99. The molecule has 0 atom stereocenters. The first-order valence-corrected chi connectivity index (χ1v) is 12.3. The van der Waals surface area contributed by atoms with Gasteiger partial charge in [-0.25, -0.2) is 27.3 Å². The summed E-state index contributed by atoms with van der Waals surface area (Å²) in [4.78, 5) is 27.2. The second kappa shape index (κ2) is 11.8. The van der Waals surface area contributed by atoms with Crippen molar-refractivity contribution in [1.82, 2.24) is 15.0 Å². The third-order valence-electron chi connectivity index (χ3n) is 5.17. The number of carbonyl (C=O) groups is 2. The smallest absolute Gasteiger partial charge is 0.300 e. The number of nitrogens with zero attached hydrogens (tertiary/aromatic N) is 1. The van der Waals surface area contributed by atoms with Crippen molar-refractivity contribution in [2.24, 2.45) is 0 Å². The molecule has 0 saturated carbocycles. The summed E-state index contributed by atoms with van der Waals surface area (Å²) in [5.74, 6) is -6.71. The fourth-order valence-electron chi connectivity index (χ4n) is 3.28. The molecule has 0 bridgehead atoms. The van der Waals surface area contributed by atoms with E-state index >= 15 is 8.78 Å². The summed E-state index contributed by atoms with van der Waals surface area (Å²) in [5, 5.41) is 4.75. The van der Waals surface area contributed by atoms with Gasteiger partial charge in [0.25, 0.3) is 16.1 Å². The summed E-state index contributed by atoms with van der Waals surface area (Å²) in [7, 11) is -3.04. The van der Waals surface area contributed by atoms with Crippen LogP contribution in [0.3, 0.4) is 0 Å². The first-order valence-electron chi connectivity index (χ1n) is 10.8. The van der Waals surface area contributed by atoms with Crippen molar-refractivity contribution in [3.8, 4) is 0 Å². The van der Waals surface area contributed by atoms with Gasteiger partial charge in [-0.1, -0.05) is 6.08 Å². The average Bonchev–Trinajstić information content (AvgIpc) is 2.89. The molecule has 200 valence electrons. The second-order valence-corrected chi connectivity index (χ2v) is 9.31. The average molecular weight is 552 g/mol. The maximum atomic E-state index is 15.3. The minimum absolute atomic E-state index is 0.00486. The number of nitrogens with one attached hydrogen (secondary N) is 4. The molecule has 1 heterocycles. The highest BCUT2D eigenvalue weighted by Gasteiger charge is 2.25. The van der Waals surface area contributed by atoms with E-state index < -0.39 is 68.4 Å². The van der Waals surface area contributed by atoms with Crippen molar-refractivity contribution in [3.05, 3.63) is 94.7 Å². The summed E-state index contributed by atoms with van der Waals surface area (Å²) in [6.07, 6.45) is 2.18. The van der Waals surface area contributed by atoms with Crippen LogP contribution >= 0.6 is 0 Å². The van der Waals surface area contributed by atoms with Crippen LogP contribution in [0.5, 0.6) is 0 Å². The van der Waals surface area contributed by atoms with E-state index in [1.54, 1.807) is 0 Å². The van der Waals surface area contributed by atoms with Crippen LogP contribution < -0.4 is 20.1 Å². The number of anilines is 3. The molecular weight excluding hydrogens is 530 g/mol. The summed E-state index contributed by atoms with van der Waals surface area (Å²) < 4.78 is 87.0. The molecule has 0 aliphatic carbocycles. The summed E-state index contributed by atoms with van der Waals surface area (Å²) >= 11 is 0. The van der Waals surface area contributed by atoms with Crippen molar-refractivity contribution < 1.29 is 35.6 Å². The van der Waals surface area contributed by atoms with Crippen LogP contribution in [0.2, 0.25) is 0 Å². The number of hydrogen-bond acceptors (Lipinski definition) is 6. The Hall–Kier alpha value is -4.30. The van der Waals surface area contributed by atoms with Crippen LogP contribution in [0.4, 0.5) is 34.8 Å². The lowest BCUT2D eigenvalue weighted by molar-refractivity contribution is 0.0958. The Kier molecular flexibility index (Phi) is 8.80. The molecule has 0 radical (unpaired) electrons. The molecule has 0 spiro atoms. The Morgan fingerprint density at radius 3 is 2.42 bits per heavy atom. The predicted molar refractivity (Wildman–Crippen MR) is 133 cm³/mol. The standard InChI is InChI=1S/C24H21F4N5O4S/c1-3-7-31-24(35)16-11-15(10-14-6-8-30-23(20(14)27)33-38(36,37)29-2)19(26)21(28)22(16)32-18-5-4-13(12-34)9-17(18)25/h3-6,8-9,11-12,29,32H,1,7,10H2,2H3,(H,30,33)(H,31,35). The topological polar surface area (TPSA) is 129 Å². The van der Waals surface area contributed by atoms with Crippen molar-refractivity contribution >= 4 is 39.6 Å². The first kappa shape index (κ1) is 28.3. The number of halogens is 4. The number of hydrogen-bond donors (Lipinski definition) is 4. The van der Waals surface area contributed by atoms with Gasteiger partial charge in [-0.15, -0.1) is 6.58 Å². The fourth-order valence-corrected chi connectivity index (χ4v) is 3.78. The van der Waals surface area contributed by atoms with Crippen LogP contribution in [0, 0.1) is 23.3 Å². The molecule has 14 heteroatoms. The Balaban J connectivity index is 2.09. The molecule has 2 aromatic carbocycles. The number of aldehydes is 1.